The maximum absolute atomic E-state index is 6.24. The number of rotatable bonds is 8. The van der Waals surface area contributed by atoms with Crippen LogP contribution in [0.5, 0.6) is 11.5 Å². The van der Waals surface area contributed by atoms with E-state index in [0.717, 1.165) is 39.3 Å². The summed E-state index contributed by atoms with van der Waals surface area (Å²) in [6.07, 6.45) is 1.80. The van der Waals surface area contributed by atoms with Gasteiger partial charge >= 0.3 is 0 Å². The van der Waals surface area contributed by atoms with Crippen LogP contribution in [0.1, 0.15) is 30.5 Å². The Balaban J connectivity index is 1.82. The summed E-state index contributed by atoms with van der Waals surface area (Å²) in [5.74, 6) is 1.39. The molecule has 5 heteroatoms. The lowest BCUT2D eigenvalue weighted by Gasteiger charge is -2.28. The molecular formula is C31H27Cl2NO2. The van der Waals surface area contributed by atoms with E-state index in [-0.39, 0.29) is 10.6 Å². The molecule has 0 saturated heterocycles. The highest BCUT2D eigenvalue weighted by atomic mass is 35.5. The van der Waals surface area contributed by atoms with Crippen molar-refractivity contribution in [1.29, 1.82) is 0 Å². The zero-order valence-corrected chi connectivity index (χ0v) is 21.9. The van der Waals surface area contributed by atoms with Gasteiger partial charge in [-0.15, -0.1) is 0 Å². The van der Waals surface area contributed by atoms with Gasteiger partial charge in [0.1, 0.15) is 11.5 Å². The molecule has 4 rings (SSSR count). The monoisotopic (exact) mass is 515 g/mol. The highest BCUT2D eigenvalue weighted by Gasteiger charge is 2.28. The molecule has 0 aliphatic rings. The molecule has 0 N–H and O–H groups in total. The first-order valence-electron chi connectivity index (χ1n) is 11.5. The molecule has 3 nitrogen and oxygen atoms in total. The summed E-state index contributed by atoms with van der Waals surface area (Å²) in [5.41, 5.74) is 6.49. The fourth-order valence-electron chi connectivity index (χ4n) is 4.21. The van der Waals surface area contributed by atoms with Gasteiger partial charge in [-0.2, -0.15) is 0 Å². The molecule has 0 fully saturated rings. The van der Waals surface area contributed by atoms with Crippen molar-refractivity contribution in [2.45, 2.75) is 19.3 Å². The van der Waals surface area contributed by atoms with E-state index in [2.05, 4.69) is 26.0 Å². The van der Waals surface area contributed by atoms with Gasteiger partial charge in [0.15, 0.2) is 0 Å². The molecule has 0 saturated carbocycles. The molecule has 4 aromatic rings. The zero-order chi connectivity index (χ0) is 25.5. The van der Waals surface area contributed by atoms with Crippen molar-refractivity contribution in [1.82, 2.24) is 0 Å². The second-order valence-corrected chi connectivity index (χ2v) is 9.30. The Bertz CT molecular complexity index is 1390. The normalized spacial score (nSPS) is 12.1. The summed E-state index contributed by atoms with van der Waals surface area (Å²) < 4.78 is 11.6. The van der Waals surface area contributed by atoms with Crippen LogP contribution >= 0.6 is 23.2 Å². The molecule has 0 atom stereocenters. The molecule has 36 heavy (non-hydrogen) atoms. The van der Waals surface area contributed by atoms with E-state index < -0.39 is 0 Å². The molecule has 0 bridgehead atoms. The lowest BCUT2D eigenvalue weighted by atomic mass is 9.77. The molecule has 182 valence electrons. The summed E-state index contributed by atoms with van der Waals surface area (Å²) in [4.78, 5) is 4.86. The van der Waals surface area contributed by atoms with Crippen molar-refractivity contribution >= 4 is 35.1 Å². The first kappa shape index (κ1) is 25.6. The zero-order valence-electron chi connectivity index (χ0n) is 20.4. The van der Waals surface area contributed by atoms with E-state index >= 15 is 0 Å². The van der Waals surface area contributed by atoms with Crippen molar-refractivity contribution in [3.63, 3.8) is 0 Å². The highest BCUT2D eigenvalue weighted by Crippen LogP contribution is 2.40. The molecule has 0 aromatic heterocycles. The Labute approximate surface area is 222 Å². The standard InChI is InChI=1S/C31H27Cl2NO2/c1-31(2,23-13-5-4-6-14-23)26-17-11-12-22(30(26)36-29(33)20-32)21-34-27-18-9-7-15-24(27)25-16-8-10-19-28(25)35-3/h4-21H,1-3H3/b29-20+,34-21?. The van der Waals surface area contributed by atoms with Crippen molar-refractivity contribution in [2.75, 3.05) is 7.11 Å². The van der Waals surface area contributed by atoms with Crippen LogP contribution in [0.2, 0.25) is 0 Å². The van der Waals surface area contributed by atoms with Gasteiger partial charge in [0.25, 0.3) is 0 Å². The predicted molar refractivity (Wildman–Crippen MR) is 151 cm³/mol. The molecular weight excluding hydrogens is 489 g/mol. The van der Waals surface area contributed by atoms with Crippen LogP contribution in [0, 0.1) is 0 Å². The quantitative estimate of drug-likeness (QED) is 0.173. The van der Waals surface area contributed by atoms with Crippen molar-refractivity contribution in [2.24, 2.45) is 4.99 Å². The lowest BCUT2D eigenvalue weighted by Crippen LogP contribution is -2.20. The maximum Gasteiger partial charge on any atom is 0.205 e. The summed E-state index contributed by atoms with van der Waals surface area (Å²) in [7, 11) is 1.67. The van der Waals surface area contributed by atoms with E-state index in [1.807, 2.05) is 84.9 Å². The van der Waals surface area contributed by atoms with Gasteiger partial charge < -0.3 is 9.47 Å². The van der Waals surface area contributed by atoms with Crippen LogP contribution in [-0.4, -0.2) is 13.3 Å². The van der Waals surface area contributed by atoms with Gasteiger partial charge in [-0.3, -0.25) is 4.99 Å². The Morgan fingerprint density at radius 2 is 1.47 bits per heavy atom. The lowest BCUT2D eigenvalue weighted by molar-refractivity contribution is 0.416. The average Bonchev–Trinajstić information content (AvgIpc) is 2.92. The summed E-state index contributed by atoms with van der Waals surface area (Å²) in [6.45, 7) is 4.31. The first-order chi connectivity index (χ1) is 17.5. The Morgan fingerprint density at radius 1 is 0.806 bits per heavy atom. The van der Waals surface area contributed by atoms with Crippen LogP contribution in [0.25, 0.3) is 11.1 Å². The minimum Gasteiger partial charge on any atom is -0.496 e. The van der Waals surface area contributed by atoms with E-state index in [9.17, 15) is 0 Å². The van der Waals surface area contributed by atoms with E-state index in [4.69, 9.17) is 37.7 Å². The highest BCUT2D eigenvalue weighted by molar-refractivity contribution is 6.35. The number of para-hydroxylation sites is 3. The van der Waals surface area contributed by atoms with Crippen molar-refractivity contribution < 1.29 is 9.47 Å². The third kappa shape index (κ3) is 5.48. The summed E-state index contributed by atoms with van der Waals surface area (Å²) in [6, 6.07) is 32.1. The number of nitrogens with zero attached hydrogens (tertiary/aromatic N) is 1. The number of aliphatic imine (C=N–C) groups is 1. The Hall–Kier alpha value is -3.53. The van der Waals surface area contributed by atoms with Crippen LogP contribution in [0.15, 0.2) is 113 Å². The van der Waals surface area contributed by atoms with Gasteiger partial charge in [-0.25, -0.2) is 0 Å². The average molecular weight is 516 g/mol. The summed E-state index contributed by atoms with van der Waals surface area (Å²) in [5, 5.41) is 0.0806. The minimum absolute atomic E-state index is 0.0806. The molecule has 0 amide bonds. The van der Waals surface area contributed by atoms with Crippen molar-refractivity contribution in [3.05, 3.63) is 125 Å². The second kappa shape index (κ2) is 11.5. The Kier molecular flexibility index (Phi) is 8.14. The molecule has 0 spiro atoms. The molecule has 0 aliphatic heterocycles. The maximum atomic E-state index is 6.24. The number of halogens is 2. The third-order valence-corrected chi connectivity index (χ3v) is 6.64. The largest absolute Gasteiger partial charge is 0.496 e. The number of benzene rings is 4. The first-order valence-corrected chi connectivity index (χ1v) is 12.4. The fraction of sp³-hybridized carbons (Fsp3) is 0.129. The smallest absolute Gasteiger partial charge is 0.205 e. The van der Waals surface area contributed by atoms with Gasteiger partial charge in [-0.1, -0.05) is 104 Å². The number of hydrogen-bond donors (Lipinski definition) is 0. The molecule has 4 aromatic carbocycles. The van der Waals surface area contributed by atoms with Crippen LogP contribution in [0.3, 0.4) is 0 Å². The third-order valence-electron chi connectivity index (χ3n) is 6.14. The molecule has 0 aliphatic carbocycles. The Morgan fingerprint density at radius 3 is 2.19 bits per heavy atom. The van der Waals surface area contributed by atoms with Gasteiger partial charge in [0, 0.05) is 33.9 Å². The SMILES string of the molecule is COc1ccccc1-c1ccccc1N=Cc1cccc(C(C)(C)c2ccccc2)c1O/C(Cl)=C/Cl. The molecule has 0 unspecified atom stereocenters. The van der Waals surface area contributed by atoms with Gasteiger partial charge in [-0.05, 0) is 35.4 Å². The van der Waals surface area contributed by atoms with E-state index in [1.165, 1.54) is 5.54 Å². The van der Waals surface area contributed by atoms with Crippen molar-refractivity contribution in [3.8, 4) is 22.6 Å². The van der Waals surface area contributed by atoms with Crippen LogP contribution < -0.4 is 9.47 Å². The molecule has 0 radical (unpaired) electrons. The topological polar surface area (TPSA) is 30.8 Å². The van der Waals surface area contributed by atoms with E-state index in [0.29, 0.717) is 5.75 Å². The fourth-order valence-corrected chi connectivity index (χ4v) is 4.33. The minimum atomic E-state index is -0.362. The second-order valence-electron chi connectivity index (χ2n) is 8.71. The van der Waals surface area contributed by atoms with Gasteiger partial charge in [0.2, 0.25) is 5.22 Å². The van der Waals surface area contributed by atoms with Gasteiger partial charge in [0.05, 0.1) is 18.3 Å². The van der Waals surface area contributed by atoms with E-state index in [1.54, 1.807) is 13.3 Å². The number of methoxy groups -OCH3 is 1. The number of ether oxygens (including phenoxy) is 2. The summed E-state index contributed by atoms with van der Waals surface area (Å²) >= 11 is 12.1. The van der Waals surface area contributed by atoms with Crippen LogP contribution in [-0.2, 0) is 5.41 Å². The number of hydrogen-bond acceptors (Lipinski definition) is 3. The van der Waals surface area contributed by atoms with Crippen LogP contribution in [0.4, 0.5) is 5.69 Å². The molecule has 0 heterocycles. The predicted octanol–water partition coefficient (Wildman–Crippen LogP) is 9.09.